The molecule has 1 unspecified atom stereocenters. The number of hydrogen-bond donors (Lipinski definition) is 2. The molecule has 130 valence electrons. The number of benzene rings is 1. The second-order valence-corrected chi connectivity index (χ2v) is 6.08. The second kappa shape index (κ2) is 8.47. The van der Waals surface area contributed by atoms with Crippen LogP contribution in [0.15, 0.2) is 24.3 Å². The highest BCUT2D eigenvalue weighted by atomic mass is 16.2. The van der Waals surface area contributed by atoms with Gasteiger partial charge in [-0.05, 0) is 43.5 Å². The van der Waals surface area contributed by atoms with Gasteiger partial charge in [0.1, 0.15) is 0 Å². The molecule has 1 aromatic rings. The molecule has 3 amide bonds. The highest BCUT2D eigenvalue weighted by Gasteiger charge is 2.28. The molecule has 1 heterocycles. The van der Waals surface area contributed by atoms with Gasteiger partial charge in [-0.3, -0.25) is 14.4 Å². The van der Waals surface area contributed by atoms with Crippen molar-refractivity contribution in [3.8, 4) is 0 Å². The van der Waals surface area contributed by atoms with Gasteiger partial charge >= 0.3 is 0 Å². The van der Waals surface area contributed by atoms with Crippen LogP contribution in [0.4, 0.5) is 5.69 Å². The Morgan fingerprint density at radius 3 is 2.54 bits per heavy atom. The fourth-order valence-electron chi connectivity index (χ4n) is 2.91. The lowest BCUT2D eigenvalue weighted by molar-refractivity contribution is -0.125. The van der Waals surface area contributed by atoms with E-state index in [-0.39, 0.29) is 23.6 Å². The van der Waals surface area contributed by atoms with Crippen LogP contribution < -0.4 is 10.6 Å². The van der Waals surface area contributed by atoms with Gasteiger partial charge in [0.25, 0.3) is 5.91 Å². The zero-order valence-corrected chi connectivity index (χ0v) is 14.3. The summed E-state index contributed by atoms with van der Waals surface area (Å²) in [5.41, 5.74) is 1.26. The second-order valence-electron chi connectivity index (χ2n) is 6.08. The number of likely N-dealkylation sites (tertiary alicyclic amines) is 1. The summed E-state index contributed by atoms with van der Waals surface area (Å²) in [5.74, 6) is -0.252. The first-order chi connectivity index (χ1) is 11.5. The van der Waals surface area contributed by atoms with Crippen LogP contribution in [-0.4, -0.2) is 42.8 Å². The Kier molecular flexibility index (Phi) is 6.35. The Morgan fingerprint density at radius 2 is 1.92 bits per heavy atom. The van der Waals surface area contributed by atoms with Crippen molar-refractivity contribution in [2.24, 2.45) is 5.92 Å². The predicted octanol–water partition coefficient (Wildman–Crippen LogP) is 2.02. The van der Waals surface area contributed by atoms with E-state index in [4.69, 9.17) is 0 Å². The first-order valence-corrected chi connectivity index (χ1v) is 8.46. The molecule has 0 aromatic heterocycles. The largest absolute Gasteiger partial charge is 0.359 e. The summed E-state index contributed by atoms with van der Waals surface area (Å²) in [7, 11) is 1.62. The molecular formula is C18H25N3O3. The van der Waals surface area contributed by atoms with Crippen molar-refractivity contribution in [3.05, 3.63) is 29.8 Å². The SMILES string of the molecule is CCCC(=O)Nc1ccc(C(=O)N2CCCC(C(=O)NC)C2)cc1. The summed E-state index contributed by atoms with van der Waals surface area (Å²) in [6.45, 7) is 3.07. The van der Waals surface area contributed by atoms with Crippen molar-refractivity contribution in [3.63, 3.8) is 0 Å². The molecule has 2 N–H and O–H groups in total. The molecule has 6 heteroatoms. The standard InChI is InChI=1S/C18H25N3O3/c1-3-5-16(22)20-15-9-7-13(8-10-15)18(24)21-11-4-6-14(12-21)17(23)19-2/h7-10,14H,3-6,11-12H2,1-2H3,(H,19,23)(H,20,22). The minimum atomic E-state index is -0.139. The Morgan fingerprint density at radius 1 is 1.21 bits per heavy atom. The molecule has 0 aliphatic carbocycles. The average Bonchev–Trinajstić information content (AvgIpc) is 2.61. The number of rotatable bonds is 5. The fourth-order valence-corrected chi connectivity index (χ4v) is 2.91. The van der Waals surface area contributed by atoms with Crippen molar-refractivity contribution in [2.45, 2.75) is 32.6 Å². The molecule has 2 rings (SSSR count). The van der Waals surface area contributed by atoms with Gasteiger partial charge < -0.3 is 15.5 Å². The molecule has 6 nitrogen and oxygen atoms in total. The van der Waals surface area contributed by atoms with E-state index in [1.54, 1.807) is 36.2 Å². The van der Waals surface area contributed by atoms with E-state index in [2.05, 4.69) is 10.6 Å². The van der Waals surface area contributed by atoms with E-state index >= 15 is 0 Å². The highest BCUT2D eigenvalue weighted by Crippen LogP contribution is 2.19. The van der Waals surface area contributed by atoms with Gasteiger partial charge in [-0.1, -0.05) is 6.92 Å². The monoisotopic (exact) mass is 331 g/mol. The number of hydrogen-bond acceptors (Lipinski definition) is 3. The summed E-state index contributed by atoms with van der Waals surface area (Å²) in [4.78, 5) is 37.7. The molecule has 0 radical (unpaired) electrons. The van der Waals surface area contributed by atoms with Crippen LogP contribution >= 0.6 is 0 Å². The molecule has 1 aliphatic heterocycles. The minimum Gasteiger partial charge on any atom is -0.359 e. The van der Waals surface area contributed by atoms with Crippen molar-refractivity contribution < 1.29 is 14.4 Å². The van der Waals surface area contributed by atoms with Crippen molar-refractivity contribution in [2.75, 3.05) is 25.5 Å². The smallest absolute Gasteiger partial charge is 0.253 e. The van der Waals surface area contributed by atoms with Gasteiger partial charge in [0.2, 0.25) is 11.8 Å². The molecule has 24 heavy (non-hydrogen) atoms. The average molecular weight is 331 g/mol. The van der Waals surface area contributed by atoms with Crippen molar-refractivity contribution >= 4 is 23.4 Å². The van der Waals surface area contributed by atoms with E-state index in [9.17, 15) is 14.4 Å². The topological polar surface area (TPSA) is 78.5 Å². The van der Waals surface area contributed by atoms with E-state index in [0.29, 0.717) is 30.8 Å². The molecular weight excluding hydrogens is 306 g/mol. The number of piperidine rings is 1. The third kappa shape index (κ3) is 4.57. The zero-order valence-electron chi connectivity index (χ0n) is 14.3. The zero-order chi connectivity index (χ0) is 17.5. The Labute approximate surface area is 142 Å². The third-order valence-corrected chi connectivity index (χ3v) is 4.22. The lowest BCUT2D eigenvalue weighted by Gasteiger charge is -2.31. The third-order valence-electron chi connectivity index (χ3n) is 4.22. The number of nitrogens with zero attached hydrogens (tertiary/aromatic N) is 1. The Hall–Kier alpha value is -2.37. The quantitative estimate of drug-likeness (QED) is 0.866. The number of anilines is 1. The molecule has 1 saturated heterocycles. The van der Waals surface area contributed by atoms with Crippen LogP contribution in [0.5, 0.6) is 0 Å². The summed E-state index contributed by atoms with van der Waals surface area (Å²) in [6.07, 6.45) is 2.92. The van der Waals surface area contributed by atoms with Crippen molar-refractivity contribution in [1.82, 2.24) is 10.2 Å². The maximum Gasteiger partial charge on any atom is 0.253 e. The molecule has 0 saturated carbocycles. The van der Waals surface area contributed by atoms with Gasteiger partial charge in [0.05, 0.1) is 5.92 Å². The Bertz CT molecular complexity index is 598. The number of carbonyl (C=O) groups excluding carboxylic acids is 3. The van der Waals surface area contributed by atoms with E-state index < -0.39 is 0 Å². The first kappa shape index (κ1) is 18.0. The van der Waals surface area contributed by atoms with Gasteiger partial charge in [-0.25, -0.2) is 0 Å². The predicted molar refractivity (Wildman–Crippen MR) is 92.7 cm³/mol. The van der Waals surface area contributed by atoms with Crippen LogP contribution in [0.2, 0.25) is 0 Å². The summed E-state index contributed by atoms with van der Waals surface area (Å²) in [5, 5.41) is 5.45. The van der Waals surface area contributed by atoms with Gasteiger partial charge in [0, 0.05) is 37.8 Å². The maximum atomic E-state index is 12.6. The van der Waals surface area contributed by atoms with Gasteiger partial charge in [-0.15, -0.1) is 0 Å². The van der Waals surface area contributed by atoms with Crippen LogP contribution in [0.3, 0.4) is 0 Å². The maximum absolute atomic E-state index is 12.6. The molecule has 1 aromatic carbocycles. The summed E-state index contributed by atoms with van der Waals surface area (Å²) < 4.78 is 0. The van der Waals surface area contributed by atoms with Crippen molar-refractivity contribution in [1.29, 1.82) is 0 Å². The summed E-state index contributed by atoms with van der Waals surface area (Å²) >= 11 is 0. The number of nitrogens with one attached hydrogen (secondary N) is 2. The van der Waals surface area contributed by atoms with Crippen LogP contribution in [0.25, 0.3) is 0 Å². The highest BCUT2D eigenvalue weighted by molar-refractivity contribution is 5.96. The molecule has 1 atom stereocenters. The van der Waals surface area contributed by atoms with E-state index in [1.165, 1.54) is 0 Å². The van der Waals surface area contributed by atoms with Crippen LogP contribution in [0.1, 0.15) is 43.0 Å². The summed E-state index contributed by atoms with van der Waals surface area (Å²) in [6, 6.07) is 6.91. The Balaban J connectivity index is 1.99. The fraction of sp³-hybridized carbons (Fsp3) is 0.500. The molecule has 1 fully saturated rings. The van der Waals surface area contributed by atoms with Crippen LogP contribution in [-0.2, 0) is 9.59 Å². The minimum absolute atomic E-state index is 0.0125. The number of carbonyl (C=O) groups is 3. The number of amides is 3. The van der Waals surface area contributed by atoms with Crippen LogP contribution in [0, 0.1) is 5.92 Å². The van der Waals surface area contributed by atoms with Gasteiger partial charge in [-0.2, -0.15) is 0 Å². The lowest BCUT2D eigenvalue weighted by atomic mass is 9.96. The lowest BCUT2D eigenvalue weighted by Crippen LogP contribution is -2.44. The van der Waals surface area contributed by atoms with Gasteiger partial charge in [0.15, 0.2) is 0 Å². The molecule has 0 spiro atoms. The molecule has 1 aliphatic rings. The first-order valence-electron chi connectivity index (χ1n) is 8.46. The van der Waals surface area contributed by atoms with E-state index in [1.807, 2.05) is 6.92 Å². The van der Waals surface area contributed by atoms with E-state index in [0.717, 1.165) is 19.3 Å². The normalized spacial score (nSPS) is 17.2. The molecule has 0 bridgehead atoms.